The topological polar surface area (TPSA) is 61.0 Å². The summed E-state index contributed by atoms with van der Waals surface area (Å²) in [5.41, 5.74) is 9.09. The van der Waals surface area contributed by atoms with E-state index in [0.717, 1.165) is 29.1 Å². The van der Waals surface area contributed by atoms with Crippen molar-refractivity contribution in [3.05, 3.63) is 40.9 Å². The van der Waals surface area contributed by atoms with E-state index >= 15 is 0 Å². The van der Waals surface area contributed by atoms with Crippen LogP contribution in [0, 0.1) is 0 Å². The monoisotopic (exact) mass is 283 g/mol. The van der Waals surface area contributed by atoms with Gasteiger partial charge in [0.25, 0.3) is 0 Å². The second-order valence-corrected chi connectivity index (χ2v) is 5.72. The zero-order valence-electron chi connectivity index (χ0n) is 10.8. The fourth-order valence-corrected chi connectivity index (χ4v) is 3.47. The van der Waals surface area contributed by atoms with Gasteiger partial charge in [0.2, 0.25) is 0 Å². The summed E-state index contributed by atoms with van der Waals surface area (Å²) in [5.74, 6) is 1.26. The third-order valence-corrected chi connectivity index (χ3v) is 4.54. The van der Waals surface area contributed by atoms with Crippen molar-refractivity contribution in [2.75, 3.05) is 12.3 Å². The molecule has 3 heterocycles. The number of thiophene rings is 1. The number of aromatic nitrogens is 2. The minimum atomic E-state index is 0.520. The molecule has 2 N–H and O–H groups in total. The lowest BCUT2D eigenvalue weighted by atomic mass is 10.1. The molecular weight excluding hydrogens is 270 g/mol. The van der Waals surface area contributed by atoms with Crippen molar-refractivity contribution in [2.24, 2.45) is 0 Å². The molecule has 0 bridgehead atoms. The van der Waals surface area contributed by atoms with Crippen LogP contribution in [0.5, 0.6) is 0 Å². The first-order valence-electron chi connectivity index (χ1n) is 6.52. The number of benzene rings is 1. The van der Waals surface area contributed by atoms with Crippen LogP contribution in [0.2, 0.25) is 0 Å². The molecular formula is C15H13N3OS. The maximum Gasteiger partial charge on any atom is 0.163 e. The van der Waals surface area contributed by atoms with Crippen LogP contribution in [-0.4, -0.2) is 16.6 Å². The minimum absolute atomic E-state index is 0.520. The molecule has 0 unspecified atom stereocenters. The summed E-state index contributed by atoms with van der Waals surface area (Å²) in [6, 6.07) is 8.29. The van der Waals surface area contributed by atoms with E-state index < -0.39 is 0 Å². The highest BCUT2D eigenvalue weighted by molar-refractivity contribution is 7.17. The number of nitrogen functional groups attached to an aromatic ring is 1. The average molecular weight is 283 g/mol. The smallest absolute Gasteiger partial charge is 0.163 e. The lowest BCUT2D eigenvalue weighted by Gasteiger charge is -2.17. The van der Waals surface area contributed by atoms with Crippen molar-refractivity contribution in [1.82, 2.24) is 9.97 Å². The summed E-state index contributed by atoms with van der Waals surface area (Å²) in [5, 5.41) is 3.29. The molecule has 4 nitrogen and oxygen atoms in total. The lowest BCUT2D eigenvalue weighted by molar-refractivity contribution is 0.109. The highest BCUT2D eigenvalue weighted by Crippen LogP contribution is 2.33. The Bertz CT molecular complexity index is 797. The van der Waals surface area contributed by atoms with Gasteiger partial charge in [-0.15, -0.1) is 11.3 Å². The number of nitrogens with zero attached hydrogens (tertiary/aromatic N) is 2. The van der Waals surface area contributed by atoms with Gasteiger partial charge in [-0.2, -0.15) is 0 Å². The number of anilines is 1. The molecule has 1 aliphatic rings. The molecule has 0 saturated heterocycles. The molecule has 5 heteroatoms. The fourth-order valence-electron chi connectivity index (χ4n) is 2.53. The molecule has 0 amide bonds. The number of fused-ring (bicyclic) bond motifs is 2. The largest absolute Gasteiger partial charge is 0.383 e. The van der Waals surface area contributed by atoms with Crippen LogP contribution in [0.1, 0.15) is 11.3 Å². The number of ether oxygens (including phenoxy) is 1. The minimum Gasteiger partial charge on any atom is -0.383 e. The Labute approximate surface area is 120 Å². The molecule has 0 radical (unpaired) electrons. The van der Waals surface area contributed by atoms with Gasteiger partial charge in [0.05, 0.1) is 18.9 Å². The zero-order valence-corrected chi connectivity index (χ0v) is 11.6. The molecule has 4 rings (SSSR count). The van der Waals surface area contributed by atoms with Crippen molar-refractivity contribution in [1.29, 1.82) is 0 Å². The van der Waals surface area contributed by atoms with Gasteiger partial charge in [0, 0.05) is 33.0 Å². The van der Waals surface area contributed by atoms with Crippen molar-refractivity contribution < 1.29 is 4.74 Å². The highest BCUT2D eigenvalue weighted by Gasteiger charge is 2.18. The summed E-state index contributed by atoms with van der Waals surface area (Å²) >= 11 is 1.71. The lowest BCUT2D eigenvalue weighted by Crippen LogP contribution is -2.16. The predicted molar refractivity (Wildman–Crippen MR) is 80.6 cm³/mol. The molecule has 20 heavy (non-hydrogen) atoms. The van der Waals surface area contributed by atoms with E-state index in [1.54, 1.807) is 11.3 Å². The second kappa shape index (κ2) is 4.54. The molecule has 0 fully saturated rings. The molecule has 3 aromatic rings. The average Bonchev–Trinajstić information content (AvgIpc) is 2.91. The van der Waals surface area contributed by atoms with Crippen molar-refractivity contribution in [3.63, 3.8) is 0 Å². The highest BCUT2D eigenvalue weighted by atomic mass is 32.1. The molecule has 0 saturated carbocycles. The zero-order chi connectivity index (χ0) is 13.5. The van der Waals surface area contributed by atoms with Crippen LogP contribution < -0.4 is 5.73 Å². The normalized spacial score (nSPS) is 14.4. The van der Waals surface area contributed by atoms with Gasteiger partial charge in [-0.05, 0) is 6.07 Å². The Kier molecular flexibility index (Phi) is 2.68. The third kappa shape index (κ3) is 1.78. The van der Waals surface area contributed by atoms with Crippen molar-refractivity contribution in [2.45, 2.75) is 13.0 Å². The van der Waals surface area contributed by atoms with Gasteiger partial charge in [-0.1, -0.05) is 18.2 Å². The van der Waals surface area contributed by atoms with Crippen molar-refractivity contribution >= 4 is 27.2 Å². The van der Waals surface area contributed by atoms with Gasteiger partial charge in [-0.25, -0.2) is 9.97 Å². The van der Waals surface area contributed by atoms with E-state index in [1.807, 2.05) is 12.1 Å². The molecule has 0 aliphatic carbocycles. The van der Waals surface area contributed by atoms with E-state index in [9.17, 15) is 0 Å². The number of hydrogen-bond donors (Lipinski definition) is 1. The molecule has 0 atom stereocenters. The maximum atomic E-state index is 6.06. The van der Waals surface area contributed by atoms with Crippen LogP contribution >= 0.6 is 11.3 Å². The summed E-state index contributed by atoms with van der Waals surface area (Å²) < 4.78 is 6.66. The van der Waals surface area contributed by atoms with Gasteiger partial charge in [-0.3, -0.25) is 0 Å². The van der Waals surface area contributed by atoms with E-state index in [1.165, 1.54) is 10.1 Å². The summed E-state index contributed by atoms with van der Waals surface area (Å²) in [6.45, 7) is 1.22. The second-order valence-electron chi connectivity index (χ2n) is 4.81. The first kappa shape index (κ1) is 11.8. The number of nitrogens with two attached hydrogens (primary N) is 1. The van der Waals surface area contributed by atoms with E-state index in [2.05, 4.69) is 22.5 Å². The van der Waals surface area contributed by atoms with E-state index in [4.69, 9.17) is 15.5 Å². The summed E-state index contributed by atoms with van der Waals surface area (Å²) in [6.07, 6.45) is 0.803. The summed E-state index contributed by atoms with van der Waals surface area (Å²) in [7, 11) is 0. The number of hydrogen-bond acceptors (Lipinski definition) is 5. The number of rotatable bonds is 1. The quantitative estimate of drug-likeness (QED) is 0.745. The summed E-state index contributed by atoms with van der Waals surface area (Å²) in [4.78, 5) is 9.17. The maximum absolute atomic E-state index is 6.06. The first-order chi connectivity index (χ1) is 9.83. The van der Waals surface area contributed by atoms with Crippen LogP contribution in [0.15, 0.2) is 29.6 Å². The standard InChI is InChI=1S/C15H13N3OS/c16-14-10-7-19-6-5-12(10)17-15(18-14)11-8-20-13-4-2-1-3-9(11)13/h1-4,8H,5-7H2,(H2,16,17,18). The molecule has 100 valence electrons. The Morgan fingerprint density at radius 1 is 1.20 bits per heavy atom. The first-order valence-corrected chi connectivity index (χ1v) is 7.40. The Morgan fingerprint density at radius 3 is 3.05 bits per heavy atom. The van der Waals surface area contributed by atoms with Crippen LogP contribution in [0.3, 0.4) is 0 Å². The molecule has 0 spiro atoms. The Balaban J connectivity index is 1.92. The van der Waals surface area contributed by atoms with E-state index in [0.29, 0.717) is 19.0 Å². The third-order valence-electron chi connectivity index (χ3n) is 3.58. The van der Waals surface area contributed by atoms with Gasteiger partial charge < -0.3 is 10.5 Å². The van der Waals surface area contributed by atoms with Gasteiger partial charge in [0.15, 0.2) is 5.82 Å². The molecule has 1 aliphatic heterocycles. The van der Waals surface area contributed by atoms with Crippen LogP contribution in [-0.2, 0) is 17.8 Å². The van der Waals surface area contributed by atoms with Crippen LogP contribution in [0.4, 0.5) is 5.82 Å². The van der Waals surface area contributed by atoms with E-state index in [-0.39, 0.29) is 0 Å². The van der Waals surface area contributed by atoms with Crippen LogP contribution in [0.25, 0.3) is 21.5 Å². The Morgan fingerprint density at radius 2 is 2.10 bits per heavy atom. The van der Waals surface area contributed by atoms with Crippen molar-refractivity contribution in [3.8, 4) is 11.4 Å². The molecule has 2 aromatic heterocycles. The fraction of sp³-hybridized carbons (Fsp3) is 0.200. The molecule has 1 aromatic carbocycles. The van der Waals surface area contributed by atoms with Gasteiger partial charge >= 0.3 is 0 Å². The van der Waals surface area contributed by atoms with Gasteiger partial charge in [0.1, 0.15) is 5.82 Å². The Hall–Kier alpha value is -1.98. The predicted octanol–water partition coefficient (Wildman–Crippen LogP) is 3.01. The SMILES string of the molecule is Nc1nc(-c2csc3ccccc23)nc2c1COCC2.